The van der Waals surface area contributed by atoms with E-state index >= 15 is 0 Å². The van der Waals surface area contributed by atoms with Crippen LogP contribution in [0, 0.1) is 5.92 Å². The summed E-state index contributed by atoms with van der Waals surface area (Å²) in [6, 6.07) is 0. The third-order valence-electron chi connectivity index (χ3n) is 1.59. The summed E-state index contributed by atoms with van der Waals surface area (Å²) in [6.45, 7) is 1.82. The molecule has 0 aliphatic rings. The quantitative estimate of drug-likeness (QED) is 0.227. The molecule has 0 saturated carbocycles. The Morgan fingerprint density at radius 2 is 2.21 bits per heavy atom. The van der Waals surface area contributed by atoms with Crippen molar-refractivity contribution in [3.05, 3.63) is 0 Å². The molecule has 0 bridgehead atoms. The second-order valence-corrected chi connectivity index (χ2v) is 6.54. The van der Waals surface area contributed by atoms with E-state index in [0.29, 0.717) is 11.5 Å². The van der Waals surface area contributed by atoms with Gasteiger partial charge in [0.25, 0.3) is 0 Å². The molecule has 5 nitrogen and oxygen atoms in total. The summed E-state index contributed by atoms with van der Waals surface area (Å²) in [7, 11) is -2.88. The number of nitrogens with zero attached hydrogens (tertiary/aromatic N) is 1. The Bertz CT molecular complexity index is 287. The van der Waals surface area contributed by atoms with Crippen LogP contribution >= 0.6 is 11.8 Å². The van der Waals surface area contributed by atoms with E-state index < -0.39 is 9.84 Å². The monoisotopic (exact) mass is 240 g/mol. The largest absolute Gasteiger partial charge is 0.409 e. The van der Waals surface area contributed by atoms with Gasteiger partial charge in [0.05, 0.1) is 5.75 Å². The molecular weight excluding hydrogens is 224 g/mol. The Labute approximate surface area is 88.7 Å². The number of hydrogen-bond donors (Lipinski definition) is 2. The first-order valence-corrected chi connectivity index (χ1v) is 7.31. The van der Waals surface area contributed by atoms with Crippen molar-refractivity contribution in [2.24, 2.45) is 16.8 Å². The summed E-state index contributed by atoms with van der Waals surface area (Å²) in [6.07, 6.45) is 1.21. The molecule has 0 aliphatic carbocycles. The first-order chi connectivity index (χ1) is 6.37. The van der Waals surface area contributed by atoms with Crippen LogP contribution in [0.1, 0.15) is 6.92 Å². The molecule has 84 valence electrons. The second kappa shape index (κ2) is 6.13. The van der Waals surface area contributed by atoms with Crippen molar-refractivity contribution >= 4 is 27.4 Å². The van der Waals surface area contributed by atoms with Crippen molar-refractivity contribution in [1.82, 2.24) is 0 Å². The molecule has 0 rings (SSSR count). The predicted octanol–water partition coefficient (Wildman–Crippen LogP) is 0.147. The highest BCUT2D eigenvalue weighted by Crippen LogP contribution is 2.08. The van der Waals surface area contributed by atoms with E-state index in [1.165, 1.54) is 18.0 Å². The van der Waals surface area contributed by atoms with E-state index in [4.69, 9.17) is 10.9 Å². The highest BCUT2D eigenvalue weighted by atomic mass is 32.2. The number of hydrogen-bond acceptors (Lipinski definition) is 5. The Morgan fingerprint density at radius 1 is 1.64 bits per heavy atom. The third-order valence-corrected chi connectivity index (χ3v) is 4.02. The summed E-state index contributed by atoms with van der Waals surface area (Å²) in [5.41, 5.74) is 5.35. The smallest absolute Gasteiger partial charge is 0.148 e. The molecule has 0 radical (unpaired) electrons. The van der Waals surface area contributed by atoms with E-state index in [9.17, 15) is 8.42 Å². The zero-order valence-electron chi connectivity index (χ0n) is 8.30. The SMILES string of the molecule is CC(CSCCS(C)(=O)=O)C(N)=NO. The number of sulfone groups is 1. The molecule has 0 aromatic heterocycles. The fourth-order valence-electron chi connectivity index (χ4n) is 0.654. The van der Waals surface area contributed by atoms with Crippen molar-refractivity contribution in [1.29, 1.82) is 0 Å². The molecule has 0 spiro atoms. The second-order valence-electron chi connectivity index (χ2n) is 3.13. The Hall–Kier alpha value is -0.430. The lowest BCUT2D eigenvalue weighted by atomic mass is 10.2. The number of oxime groups is 1. The molecule has 0 aliphatic heterocycles. The van der Waals surface area contributed by atoms with Crippen LogP contribution < -0.4 is 5.73 Å². The lowest BCUT2D eigenvalue weighted by Gasteiger charge is -2.08. The lowest BCUT2D eigenvalue weighted by Crippen LogP contribution is -2.23. The average Bonchev–Trinajstić information content (AvgIpc) is 2.09. The topological polar surface area (TPSA) is 92.8 Å². The first-order valence-electron chi connectivity index (χ1n) is 4.09. The molecule has 0 aromatic carbocycles. The third kappa shape index (κ3) is 7.02. The standard InChI is InChI=1S/C7H16N2O3S2/c1-6(7(8)9-10)5-13-3-4-14(2,11)12/h6,10H,3-5H2,1-2H3,(H2,8,9). The lowest BCUT2D eigenvalue weighted by molar-refractivity contribution is 0.315. The fourth-order valence-corrected chi connectivity index (χ4v) is 3.03. The Balaban J connectivity index is 3.66. The summed E-state index contributed by atoms with van der Waals surface area (Å²) >= 11 is 1.48. The maximum Gasteiger partial charge on any atom is 0.148 e. The van der Waals surface area contributed by atoms with Crippen LogP contribution in [-0.2, 0) is 9.84 Å². The molecule has 0 fully saturated rings. The maximum atomic E-state index is 10.8. The molecule has 1 unspecified atom stereocenters. The number of amidine groups is 1. The van der Waals surface area contributed by atoms with Gasteiger partial charge in [0.15, 0.2) is 0 Å². The van der Waals surface area contributed by atoms with Gasteiger partial charge in [-0.3, -0.25) is 0 Å². The van der Waals surface area contributed by atoms with Crippen LogP contribution in [0.2, 0.25) is 0 Å². The van der Waals surface area contributed by atoms with E-state index in [1.54, 1.807) is 0 Å². The zero-order chi connectivity index (χ0) is 11.2. The van der Waals surface area contributed by atoms with Crippen molar-refractivity contribution in [3.8, 4) is 0 Å². The highest BCUT2D eigenvalue weighted by Gasteiger charge is 2.08. The number of thioether (sulfide) groups is 1. The Morgan fingerprint density at radius 3 is 2.64 bits per heavy atom. The summed E-state index contributed by atoms with van der Waals surface area (Å²) in [5.74, 6) is 1.51. The predicted molar refractivity (Wildman–Crippen MR) is 59.6 cm³/mol. The van der Waals surface area contributed by atoms with Gasteiger partial charge in [0.1, 0.15) is 15.7 Å². The van der Waals surface area contributed by atoms with Crippen LogP contribution in [-0.4, -0.2) is 43.0 Å². The van der Waals surface area contributed by atoms with E-state index in [0.717, 1.165) is 0 Å². The van der Waals surface area contributed by atoms with Crippen LogP contribution in [0.5, 0.6) is 0 Å². The van der Waals surface area contributed by atoms with Gasteiger partial charge in [0.2, 0.25) is 0 Å². The van der Waals surface area contributed by atoms with E-state index in [-0.39, 0.29) is 17.5 Å². The summed E-state index contributed by atoms with van der Waals surface area (Å²) < 4.78 is 21.5. The minimum atomic E-state index is -2.88. The van der Waals surface area contributed by atoms with Crippen LogP contribution in [0.4, 0.5) is 0 Å². The van der Waals surface area contributed by atoms with Gasteiger partial charge in [-0.1, -0.05) is 12.1 Å². The van der Waals surface area contributed by atoms with Gasteiger partial charge in [-0.05, 0) is 0 Å². The molecule has 7 heteroatoms. The van der Waals surface area contributed by atoms with Gasteiger partial charge in [-0.15, -0.1) is 0 Å². The zero-order valence-corrected chi connectivity index (χ0v) is 9.94. The van der Waals surface area contributed by atoms with E-state index in [1.807, 2.05) is 6.92 Å². The maximum absolute atomic E-state index is 10.8. The molecule has 1 atom stereocenters. The fraction of sp³-hybridized carbons (Fsp3) is 0.857. The Kier molecular flexibility index (Phi) is 5.94. The number of nitrogens with two attached hydrogens (primary N) is 1. The van der Waals surface area contributed by atoms with Crippen molar-refractivity contribution < 1.29 is 13.6 Å². The molecule has 0 saturated heterocycles. The number of rotatable bonds is 6. The van der Waals surface area contributed by atoms with Gasteiger partial charge in [0, 0.05) is 23.7 Å². The normalized spacial score (nSPS) is 15.4. The van der Waals surface area contributed by atoms with Gasteiger partial charge < -0.3 is 10.9 Å². The van der Waals surface area contributed by atoms with Crippen molar-refractivity contribution in [3.63, 3.8) is 0 Å². The van der Waals surface area contributed by atoms with Gasteiger partial charge in [-0.25, -0.2) is 8.42 Å². The molecule has 3 N–H and O–H groups in total. The summed E-state index contributed by atoms with van der Waals surface area (Å²) in [4.78, 5) is 0. The summed E-state index contributed by atoms with van der Waals surface area (Å²) in [5, 5.41) is 11.2. The molecule has 0 heterocycles. The first kappa shape index (κ1) is 13.6. The molecule has 0 amide bonds. The molecular formula is C7H16N2O3S2. The van der Waals surface area contributed by atoms with E-state index in [2.05, 4.69) is 5.16 Å². The van der Waals surface area contributed by atoms with Crippen LogP contribution in [0.3, 0.4) is 0 Å². The van der Waals surface area contributed by atoms with Crippen molar-refractivity contribution in [2.45, 2.75) is 6.92 Å². The van der Waals surface area contributed by atoms with Crippen LogP contribution in [0.25, 0.3) is 0 Å². The molecule has 14 heavy (non-hydrogen) atoms. The van der Waals surface area contributed by atoms with Crippen LogP contribution in [0.15, 0.2) is 5.16 Å². The van der Waals surface area contributed by atoms with Crippen molar-refractivity contribution in [2.75, 3.05) is 23.5 Å². The minimum Gasteiger partial charge on any atom is -0.409 e. The molecule has 0 aromatic rings. The van der Waals surface area contributed by atoms with Gasteiger partial charge >= 0.3 is 0 Å². The minimum absolute atomic E-state index is 0.0374. The highest BCUT2D eigenvalue weighted by molar-refractivity contribution is 8.00. The average molecular weight is 240 g/mol. The van der Waals surface area contributed by atoms with Gasteiger partial charge in [-0.2, -0.15) is 11.8 Å².